The lowest BCUT2D eigenvalue weighted by Gasteiger charge is -2.03. The van der Waals surface area contributed by atoms with Gasteiger partial charge in [-0.1, -0.05) is 0 Å². The van der Waals surface area contributed by atoms with Gasteiger partial charge in [-0.3, -0.25) is 15.2 Å². The highest BCUT2D eigenvalue weighted by atomic mass is 16.5. The maximum Gasteiger partial charge on any atom is 0.300 e. The molecule has 2 heterocycles. The fourth-order valence-corrected chi connectivity index (χ4v) is 1.34. The number of amides is 1. The number of nitrogens with two attached hydrogens (primary N) is 1. The molecule has 2 aromatic heterocycles. The van der Waals surface area contributed by atoms with Crippen molar-refractivity contribution in [2.24, 2.45) is 5.84 Å². The van der Waals surface area contributed by atoms with E-state index in [4.69, 9.17) is 15.0 Å². The smallest absolute Gasteiger partial charge is 0.300 e. The van der Waals surface area contributed by atoms with E-state index in [1.165, 1.54) is 6.07 Å². The topological polar surface area (TPSA) is 90.4 Å². The second-order valence-electron chi connectivity index (χ2n) is 3.66. The zero-order valence-corrected chi connectivity index (χ0v) is 9.84. The first-order valence-electron chi connectivity index (χ1n) is 5.34. The van der Waals surface area contributed by atoms with Crippen LogP contribution in [-0.4, -0.2) is 10.9 Å². The van der Waals surface area contributed by atoms with Gasteiger partial charge in [-0.25, -0.2) is 5.84 Å². The van der Waals surface area contributed by atoms with Crippen LogP contribution in [0.1, 0.15) is 22.0 Å². The molecule has 0 radical (unpaired) electrons. The molecule has 0 unspecified atom stereocenters. The van der Waals surface area contributed by atoms with E-state index in [9.17, 15) is 4.79 Å². The molecule has 0 aromatic carbocycles. The van der Waals surface area contributed by atoms with E-state index in [1.807, 2.05) is 24.5 Å². The van der Waals surface area contributed by atoms with Crippen molar-refractivity contribution in [3.05, 3.63) is 47.7 Å². The van der Waals surface area contributed by atoms with Crippen LogP contribution in [0, 0.1) is 6.92 Å². The third-order valence-electron chi connectivity index (χ3n) is 2.28. The molecule has 6 nitrogen and oxygen atoms in total. The number of nitrogens with one attached hydrogen (secondary N) is 1. The summed E-state index contributed by atoms with van der Waals surface area (Å²) in [5.41, 5.74) is 2.91. The molecule has 0 fully saturated rings. The van der Waals surface area contributed by atoms with Gasteiger partial charge in [-0.05, 0) is 31.2 Å². The van der Waals surface area contributed by atoms with E-state index < -0.39 is 5.91 Å². The van der Waals surface area contributed by atoms with Gasteiger partial charge in [-0.2, -0.15) is 0 Å². The molecular weight excluding hydrogens is 234 g/mol. The van der Waals surface area contributed by atoms with Gasteiger partial charge in [0.25, 0.3) is 0 Å². The Balaban J connectivity index is 1.96. The van der Waals surface area contributed by atoms with E-state index in [1.54, 1.807) is 12.3 Å². The van der Waals surface area contributed by atoms with Crippen LogP contribution in [0.5, 0.6) is 5.75 Å². The molecule has 0 saturated heterocycles. The third-order valence-corrected chi connectivity index (χ3v) is 2.28. The van der Waals surface area contributed by atoms with Gasteiger partial charge in [0.05, 0.1) is 6.20 Å². The van der Waals surface area contributed by atoms with Gasteiger partial charge in [0, 0.05) is 5.69 Å². The molecular formula is C12H13N3O3. The predicted octanol–water partition coefficient (Wildman–Crippen LogP) is 1.17. The number of furan rings is 1. The molecule has 0 spiro atoms. The quantitative estimate of drug-likeness (QED) is 0.480. The minimum atomic E-state index is -0.474. The Kier molecular flexibility index (Phi) is 3.59. The molecule has 2 rings (SSSR count). The normalized spacial score (nSPS) is 10.1. The standard InChI is InChI=1S/C12H13N3O3/c1-8-2-3-9(6-14-8)17-7-10-4-5-11(18-10)12(16)15-13/h2-6H,7,13H2,1H3,(H,15,16). The second-order valence-corrected chi connectivity index (χ2v) is 3.66. The molecule has 1 amide bonds. The first-order valence-corrected chi connectivity index (χ1v) is 5.34. The number of carbonyl (C=O) groups is 1. The van der Waals surface area contributed by atoms with Crippen molar-refractivity contribution >= 4 is 5.91 Å². The lowest BCUT2D eigenvalue weighted by Crippen LogP contribution is -2.29. The van der Waals surface area contributed by atoms with E-state index in [0.29, 0.717) is 11.5 Å². The molecule has 3 N–H and O–H groups in total. The van der Waals surface area contributed by atoms with Gasteiger partial charge in [0.1, 0.15) is 18.1 Å². The number of hydrogen-bond donors (Lipinski definition) is 2. The summed E-state index contributed by atoms with van der Waals surface area (Å²) in [4.78, 5) is 15.3. The SMILES string of the molecule is Cc1ccc(OCc2ccc(C(=O)NN)o2)cn1. The number of carbonyl (C=O) groups excluding carboxylic acids is 1. The van der Waals surface area contributed by atoms with Crippen molar-refractivity contribution in [3.63, 3.8) is 0 Å². The van der Waals surface area contributed by atoms with Crippen LogP contribution in [0.3, 0.4) is 0 Å². The number of rotatable bonds is 4. The summed E-state index contributed by atoms with van der Waals surface area (Å²) >= 11 is 0. The summed E-state index contributed by atoms with van der Waals surface area (Å²) in [5.74, 6) is 5.85. The number of aryl methyl sites for hydroxylation is 1. The number of nitrogens with zero attached hydrogens (tertiary/aromatic N) is 1. The van der Waals surface area contributed by atoms with Crippen molar-refractivity contribution in [2.45, 2.75) is 13.5 Å². The maximum absolute atomic E-state index is 11.2. The average Bonchev–Trinajstić information content (AvgIpc) is 2.86. The summed E-state index contributed by atoms with van der Waals surface area (Å²) in [6.07, 6.45) is 1.63. The number of aromatic nitrogens is 1. The molecule has 0 atom stereocenters. The molecule has 2 aromatic rings. The van der Waals surface area contributed by atoms with Crippen LogP contribution in [-0.2, 0) is 6.61 Å². The maximum atomic E-state index is 11.2. The molecule has 0 aliphatic rings. The molecule has 0 bridgehead atoms. The van der Waals surface area contributed by atoms with E-state index in [-0.39, 0.29) is 12.4 Å². The van der Waals surface area contributed by atoms with Crippen LogP contribution >= 0.6 is 0 Å². The average molecular weight is 247 g/mol. The van der Waals surface area contributed by atoms with Crippen LogP contribution in [0.15, 0.2) is 34.9 Å². The Morgan fingerprint density at radius 3 is 2.94 bits per heavy atom. The molecule has 94 valence electrons. The summed E-state index contributed by atoms with van der Waals surface area (Å²) in [7, 11) is 0. The monoisotopic (exact) mass is 247 g/mol. The van der Waals surface area contributed by atoms with Crippen molar-refractivity contribution in [3.8, 4) is 5.75 Å². The molecule has 18 heavy (non-hydrogen) atoms. The predicted molar refractivity (Wildman–Crippen MR) is 63.7 cm³/mol. The van der Waals surface area contributed by atoms with E-state index in [0.717, 1.165) is 5.69 Å². The van der Waals surface area contributed by atoms with Crippen LogP contribution in [0.2, 0.25) is 0 Å². The van der Waals surface area contributed by atoms with E-state index >= 15 is 0 Å². The number of hydrogen-bond acceptors (Lipinski definition) is 5. The van der Waals surface area contributed by atoms with Crippen LogP contribution in [0.4, 0.5) is 0 Å². The minimum absolute atomic E-state index is 0.151. The van der Waals surface area contributed by atoms with Gasteiger partial charge < -0.3 is 9.15 Å². The van der Waals surface area contributed by atoms with Crippen LogP contribution < -0.4 is 16.0 Å². The molecule has 6 heteroatoms. The second kappa shape index (κ2) is 5.33. The zero-order chi connectivity index (χ0) is 13.0. The summed E-state index contributed by atoms with van der Waals surface area (Å²) < 4.78 is 10.7. The first kappa shape index (κ1) is 12.1. The van der Waals surface area contributed by atoms with Crippen LogP contribution in [0.25, 0.3) is 0 Å². The highest BCUT2D eigenvalue weighted by Gasteiger charge is 2.09. The van der Waals surface area contributed by atoms with Crippen molar-refractivity contribution in [2.75, 3.05) is 0 Å². The van der Waals surface area contributed by atoms with Gasteiger partial charge >= 0.3 is 5.91 Å². The van der Waals surface area contributed by atoms with Crippen molar-refractivity contribution in [1.82, 2.24) is 10.4 Å². The fraction of sp³-hybridized carbons (Fsp3) is 0.167. The summed E-state index contributed by atoms with van der Waals surface area (Å²) in [6, 6.07) is 6.87. The highest BCUT2D eigenvalue weighted by molar-refractivity contribution is 5.90. The Morgan fingerprint density at radius 1 is 1.44 bits per heavy atom. The molecule has 0 aliphatic carbocycles. The number of nitrogen functional groups attached to an aromatic ring is 1. The fourth-order valence-electron chi connectivity index (χ4n) is 1.34. The Hall–Kier alpha value is -2.34. The molecule has 0 aliphatic heterocycles. The van der Waals surface area contributed by atoms with Gasteiger partial charge in [0.15, 0.2) is 5.76 Å². The Morgan fingerprint density at radius 2 is 2.28 bits per heavy atom. The minimum Gasteiger partial charge on any atom is -0.484 e. The Labute approximate surface area is 104 Å². The number of ether oxygens (including phenoxy) is 1. The zero-order valence-electron chi connectivity index (χ0n) is 9.84. The lowest BCUT2D eigenvalue weighted by atomic mass is 10.4. The first-order chi connectivity index (χ1) is 8.69. The van der Waals surface area contributed by atoms with Gasteiger partial charge in [0.2, 0.25) is 0 Å². The molecule has 0 saturated carbocycles. The summed E-state index contributed by atoms with van der Waals surface area (Å²) in [6.45, 7) is 2.12. The third kappa shape index (κ3) is 2.86. The van der Waals surface area contributed by atoms with E-state index in [2.05, 4.69) is 4.98 Å². The number of hydrazine groups is 1. The van der Waals surface area contributed by atoms with Crippen molar-refractivity contribution in [1.29, 1.82) is 0 Å². The lowest BCUT2D eigenvalue weighted by molar-refractivity contribution is 0.0922. The summed E-state index contributed by atoms with van der Waals surface area (Å²) in [5, 5.41) is 0. The number of pyridine rings is 1. The van der Waals surface area contributed by atoms with Crippen molar-refractivity contribution < 1.29 is 13.9 Å². The Bertz CT molecular complexity index is 534. The highest BCUT2D eigenvalue weighted by Crippen LogP contribution is 2.13. The van der Waals surface area contributed by atoms with Gasteiger partial charge in [-0.15, -0.1) is 0 Å². The largest absolute Gasteiger partial charge is 0.484 e.